The lowest BCUT2D eigenvalue weighted by molar-refractivity contribution is 0.0218. The molecule has 0 spiro atoms. The van der Waals surface area contributed by atoms with Crippen LogP contribution in [0, 0.1) is 5.82 Å². The highest BCUT2D eigenvalue weighted by Crippen LogP contribution is 2.26. The molecule has 8 heteroatoms. The van der Waals surface area contributed by atoms with Crippen molar-refractivity contribution in [2.24, 2.45) is 0 Å². The average Bonchev–Trinajstić information content (AvgIpc) is 2.60. The number of carbonyl (C=O) groups excluding carboxylic acids is 1. The lowest BCUT2D eigenvalue weighted by Crippen LogP contribution is -2.54. The molecule has 6 nitrogen and oxygen atoms in total. The second-order valence-corrected chi connectivity index (χ2v) is 8.19. The van der Waals surface area contributed by atoms with Crippen molar-refractivity contribution in [1.82, 2.24) is 14.9 Å². The molecule has 150 valence electrons. The minimum Gasteiger partial charge on any atom is -0.444 e. The monoisotopic (exact) mass is 406 g/mol. The van der Waals surface area contributed by atoms with Crippen molar-refractivity contribution in [3.63, 3.8) is 0 Å². The summed E-state index contributed by atoms with van der Waals surface area (Å²) in [7, 11) is 0. The second kappa shape index (κ2) is 7.91. The van der Waals surface area contributed by atoms with Crippen LogP contribution in [0.2, 0.25) is 5.28 Å². The molecule has 1 aromatic carbocycles. The standard InChI is InChI=1S/C20H24ClFN4O2/c1-13-12-25(19(27)28-20(2,3)4)9-10-26(13)17-11-16(23-18(21)24-17)14-5-7-15(22)8-6-14/h5-8,11,13H,9-10,12H2,1-4H3/t13-/m1/s1. The third-order valence-electron chi connectivity index (χ3n) is 4.40. The molecular weight excluding hydrogens is 383 g/mol. The van der Waals surface area contributed by atoms with Gasteiger partial charge in [-0.05, 0) is 63.6 Å². The number of hydrogen-bond acceptors (Lipinski definition) is 5. The summed E-state index contributed by atoms with van der Waals surface area (Å²) < 4.78 is 18.7. The van der Waals surface area contributed by atoms with E-state index in [1.807, 2.05) is 33.8 Å². The SMILES string of the molecule is C[C@@H]1CN(C(=O)OC(C)(C)C)CCN1c1cc(-c2ccc(F)cc2)nc(Cl)n1. The Balaban J connectivity index is 1.77. The number of rotatable bonds is 2. The maximum Gasteiger partial charge on any atom is 0.410 e. The van der Waals surface area contributed by atoms with Crippen molar-refractivity contribution in [3.8, 4) is 11.3 Å². The van der Waals surface area contributed by atoms with Crippen LogP contribution in [0.1, 0.15) is 27.7 Å². The molecule has 0 aliphatic carbocycles. The first-order valence-corrected chi connectivity index (χ1v) is 9.55. The average molecular weight is 407 g/mol. The Morgan fingerprint density at radius 2 is 1.89 bits per heavy atom. The van der Waals surface area contributed by atoms with Crippen LogP contribution in [-0.4, -0.2) is 52.2 Å². The molecule has 0 radical (unpaired) electrons. The van der Waals surface area contributed by atoms with Crippen LogP contribution in [0.3, 0.4) is 0 Å². The van der Waals surface area contributed by atoms with Gasteiger partial charge in [0.1, 0.15) is 17.2 Å². The molecule has 1 fully saturated rings. The second-order valence-electron chi connectivity index (χ2n) is 7.86. The Labute approximate surface area is 169 Å². The fraction of sp³-hybridized carbons (Fsp3) is 0.450. The first-order chi connectivity index (χ1) is 13.1. The number of nitrogens with zero attached hydrogens (tertiary/aromatic N) is 4. The largest absolute Gasteiger partial charge is 0.444 e. The van der Waals surface area contributed by atoms with Gasteiger partial charge < -0.3 is 14.5 Å². The van der Waals surface area contributed by atoms with Crippen LogP contribution in [0.15, 0.2) is 30.3 Å². The molecule has 1 atom stereocenters. The summed E-state index contributed by atoms with van der Waals surface area (Å²) >= 11 is 6.14. The van der Waals surface area contributed by atoms with Crippen molar-refractivity contribution in [1.29, 1.82) is 0 Å². The van der Waals surface area contributed by atoms with Crippen LogP contribution in [0.5, 0.6) is 0 Å². The normalized spacial score (nSPS) is 17.6. The van der Waals surface area contributed by atoms with Gasteiger partial charge in [0.15, 0.2) is 0 Å². The van der Waals surface area contributed by atoms with Crippen molar-refractivity contribution >= 4 is 23.5 Å². The van der Waals surface area contributed by atoms with Crippen LogP contribution in [-0.2, 0) is 4.74 Å². The summed E-state index contributed by atoms with van der Waals surface area (Å²) in [6, 6.07) is 7.93. The maximum absolute atomic E-state index is 13.2. The first kappa shape index (κ1) is 20.3. The van der Waals surface area contributed by atoms with E-state index >= 15 is 0 Å². The van der Waals surface area contributed by atoms with E-state index in [4.69, 9.17) is 16.3 Å². The smallest absolute Gasteiger partial charge is 0.410 e. The summed E-state index contributed by atoms with van der Waals surface area (Å²) in [5.74, 6) is 0.367. The quantitative estimate of drug-likeness (QED) is 0.692. The molecule has 2 aromatic rings. The van der Waals surface area contributed by atoms with Gasteiger partial charge in [-0.3, -0.25) is 0 Å². The predicted molar refractivity (Wildman–Crippen MR) is 107 cm³/mol. The van der Waals surface area contributed by atoms with Crippen LogP contribution >= 0.6 is 11.6 Å². The zero-order chi connectivity index (χ0) is 20.5. The van der Waals surface area contributed by atoms with Crippen LogP contribution in [0.4, 0.5) is 15.0 Å². The number of benzene rings is 1. The highest BCUT2D eigenvalue weighted by Gasteiger charge is 2.30. The predicted octanol–water partition coefficient (Wildman–Crippen LogP) is 4.38. The lowest BCUT2D eigenvalue weighted by Gasteiger charge is -2.40. The summed E-state index contributed by atoms with van der Waals surface area (Å²) in [5.41, 5.74) is 0.852. The highest BCUT2D eigenvalue weighted by atomic mass is 35.5. The Morgan fingerprint density at radius 1 is 1.21 bits per heavy atom. The molecule has 1 saturated heterocycles. The molecule has 0 N–H and O–H groups in total. The summed E-state index contributed by atoms with van der Waals surface area (Å²) in [4.78, 5) is 24.7. The maximum atomic E-state index is 13.2. The van der Waals surface area contributed by atoms with E-state index < -0.39 is 5.60 Å². The third-order valence-corrected chi connectivity index (χ3v) is 4.57. The van der Waals surface area contributed by atoms with Gasteiger partial charge in [-0.25, -0.2) is 19.2 Å². The van der Waals surface area contributed by atoms with Gasteiger partial charge >= 0.3 is 6.09 Å². The number of halogens is 2. The fourth-order valence-electron chi connectivity index (χ4n) is 3.11. The van der Waals surface area contributed by atoms with Crippen LogP contribution < -0.4 is 4.90 Å². The molecule has 28 heavy (non-hydrogen) atoms. The molecule has 2 heterocycles. The topological polar surface area (TPSA) is 58.6 Å². The van der Waals surface area contributed by atoms with E-state index in [1.54, 1.807) is 17.0 Å². The van der Waals surface area contributed by atoms with Gasteiger partial charge in [0.05, 0.1) is 5.69 Å². The van der Waals surface area contributed by atoms with Crippen LogP contribution in [0.25, 0.3) is 11.3 Å². The Bertz CT molecular complexity index is 854. The minimum atomic E-state index is -0.526. The van der Waals surface area contributed by atoms with E-state index in [9.17, 15) is 9.18 Å². The number of anilines is 1. The van der Waals surface area contributed by atoms with Crippen molar-refractivity contribution in [2.75, 3.05) is 24.5 Å². The number of aromatic nitrogens is 2. The summed E-state index contributed by atoms with van der Waals surface area (Å²) in [5, 5.41) is 0.124. The third kappa shape index (κ3) is 4.90. The van der Waals surface area contributed by atoms with E-state index in [1.165, 1.54) is 12.1 Å². The minimum absolute atomic E-state index is 0.0216. The van der Waals surface area contributed by atoms with Gasteiger partial charge in [-0.2, -0.15) is 0 Å². The molecule has 3 rings (SSSR count). The van der Waals surface area contributed by atoms with Crippen molar-refractivity contribution in [3.05, 3.63) is 41.4 Å². The number of carbonyl (C=O) groups is 1. The van der Waals surface area contributed by atoms with Gasteiger partial charge in [-0.15, -0.1) is 0 Å². The Hall–Kier alpha value is -2.41. The van der Waals surface area contributed by atoms with Gasteiger partial charge in [0.25, 0.3) is 0 Å². The number of hydrogen-bond donors (Lipinski definition) is 0. The van der Waals surface area contributed by atoms with Crippen molar-refractivity contribution in [2.45, 2.75) is 39.3 Å². The fourth-order valence-corrected chi connectivity index (χ4v) is 3.29. The van der Waals surface area contributed by atoms with E-state index in [2.05, 4.69) is 14.9 Å². The van der Waals surface area contributed by atoms with E-state index in [-0.39, 0.29) is 23.2 Å². The van der Waals surface area contributed by atoms with Gasteiger partial charge in [0.2, 0.25) is 5.28 Å². The van der Waals surface area contributed by atoms with Gasteiger partial charge in [-0.1, -0.05) is 0 Å². The summed E-state index contributed by atoms with van der Waals surface area (Å²) in [6.07, 6.45) is -0.313. The molecular formula is C20H24ClFN4O2. The number of amides is 1. The molecule has 1 amide bonds. The molecule has 0 unspecified atom stereocenters. The number of ether oxygens (including phenoxy) is 1. The molecule has 0 saturated carbocycles. The highest BCUT2D eigenvalue weighted by molar-refractivity contribution is 6.28. The molecule has 1 aliphatic heterocycles. The van der Waals surface area contributed by atoms with Crippen molar-refractivity contribution < 1.29 is 13.9 Å². The molecule has 1 aromatic heterocycles. The van der Waals surface area contributed by atoms with Gasteiger partial charge in [0, 0.05) is 37.3 Å². The lowest BCUT2D eigenvalue weighted by atomic mass is 10.1. The summed E-state index contributed by atoms with van der Waals surface area (Å²) in [6.45, 7) is 9.20. The molecule has 1 aliphatic rings. The zero-order valence-electron chi connectivity index (χ0n) is 16.4. The number of piperazine rings is 1. The Morgan fingerprint density at radius 3 is 2.50 bits per heavy atom. The Kier molecular flexibility index (Phi) is 5.74. The zero-order valence-corrected chi connectivity index (χ0v) is 17.2. The first-order valence-electron chi connectivity index (χ1n) is 9.17. The van der Waals surface area contributed by atoms with E-state index in [0.717, 1.165) is 5.56 Å². The molecule has 0 bridgehead atoms. The van der Waals surface area contributed by atoms with E-state index in [0.29, 0.717) is 31.1 Å².